The van der Waals surface area contributed by atoms with Crippen LogP contribution >= 0.6 is 0 Å². The molecule has 1 amide bonds. The van der Waals surface area contributed by atoms with Crippen LogP contribution < -0.4 is 5.32 Å². The fourth-order valence-corrected chi connectivity index (χ4v) is 1.83. The van der Waals surface area contributed by atoms with Crippen molar-refractivity contribution in [3.8, 4) is 0 Å². The number of Topliss-reactive ketones (excluding diaryl/α,β-unsaturated/α-hetero) is 3. The highest BCUT2D eigenvalue weighted by molar-refractivity contribution is 5.85. The Labute approximate surface area is 170 Å². The van der Waals surface area contributed by atoms with E-state index in [1.807, 2.05) is 0 Å². The summed E-state index contributed by atoms with van der Waals surface area (Å²) < 4.78 is 112. The molecule has 31 heavy (non-hydrogen) atoms. The Bertz CT molecular complexity index is 683. The van der Waals surface area contributed by atoms with Crippen LogP contribution in [-0.2, 0) is 28.7 Å². The second kappa shape index (κ2) is 10.9. The van der Waals surface area contributed by atoms with Crippen LogP contribution in [0.4, 0.5) is 35.1 Å². The van der Waals surface area contributed by atoms with E-state index in [1.54, 1.807) is 0 Å². The maximum Gasteiger partial charge on any atom is 0.453 e. The lowest BCUT2D eigenvalue weighted by Gasteiger charge is -2.30. The molecule has 0 rings (SSSR count). The van der Waals surface area contributed by atoms with E-state index in [0.29, 0.717) is 0 Å². The number of hydrogen-bond donors (Lipinski definition) is 1. The minimum Gasteiger partial charge on any atom is -0.349 e. The average Bonchev–Trinajstić information content (AvgIpc) is 2.55. The van der Waals surface area contributed by atoms with Gasteiger partial charge < -0.3 is 14.9 Å². The molecule has 0 radical (unpaired) electrons. The van der Waals surface area contributed by atoms with Crippen LogP contribution in [0, 0.1) is 0 Å². The van der Waals surface area contributed by atoms with Gasteiger partial charge in [-0.05, 0) is 26.7 Å². The van der Waals surface area contributed by atoms with Crippen molar-refractivity contribution in [3.63, 3.8) is 0 Å². The monoisotopic (exact) mass is 473 g/mol. The number of hydrogen-bond acceptors (Lipinski definition) is 6. The van der Waals surface area contributed by atoms with Gasteiger partial charge in [-0.25, -0.2) is 9.47 Å². The molecule has 0 aromatic rings. The zero-order chi connectivity index (χ0) is 24.7. The van der Waals surface area contributed by atoms with E-state index < -0.39 is 73.5 Å². The summed E-state index contributed by atoms with van der Waals surface area (Å²) in [5.74, 6) is -5.96. The SMILES string of the molecule is CC(=O)CCCNC(=O)C(F)(F)OC(F)(F)C(F)(F)OC(F)(F)C(=O)CCCC(C)=O. The maximum atomic E-state index is 13.4. The van der Waals surface area contributed by atoms with Gasteiger partial charge in [-0.15, -0.1) is 0 Å². The first-order valence-corrected chi connectivity index (χ1v) is 8.56. The molecular weight excluding hydrogens is 454 g/mol. The van der Waals surface area contributed by atoms with Gasteiger partial charge in [0.15, 0.2) is 0 Å². The highest BCUT2D eigenvalue weighted by Gasteiger charge is 2.69. The fourth-order valence-electron chi connectivity index (χ4n) is 1.83. The predicted molar refractivity (Wildman–Crippen MR) is 84.4 cm³/mol. The van der Waals surface area contributed by atoms with Gasteiger partial charge in [-0.3, -0.25) is 9.59 Å². The molecule has 0 aliphatic carbocycles. The molecule has 0 fully saturated rings. The molecule has 0 unspecified atom stereocenters. The molecule has 0 aliphatic rings. The number of halogens is 8. The van der Waals surface area contributed by atoms with E-state index in [2.05, 4.69) is 9.47 Å². The molecule has 15 heteroatoms. The molecule has 0 saturated carbocycles. The largest absolute Gasteiger partial charge is 0.453 e. The second-order valence-corrected chi connectivity index (χ2v) is 6.31. The van der Waals surface area contributed by atoms with Crippen LogP contribution in [0.5, 0.6) is 0 Å². The number of alkyl halides is 8. The van der Waals surface area contributed by atoms with Crippen LogP contribution in [0.1, 0.15) is 46.0 Å². The summed E-state index contributed by atoms with van der Waals surface area (Å²) in [7, 11) is 0. The van der Waals surface area contributed by atoms with Gasteiger partial charge in [0.25, 0.3) is 0 Å². The van der Waals surface area contributed by atoms with E-state index in [1.165, 1.54) is 5.32 Å². The van der Waals surface area contributed by atoms with Gasteiger partial charge in [0.1, 0.15) is 11.6 Å². The summed E-state index contributed by atoms with van der Waals surface area (Å²) in [6, 6.07) is 0. The van der Waals surface area contributed by atoms with Crippen molar-refractivity contribution in [2.75, 3.05) is 6.54 Å². The Balaban J connectivity index is 5.10. The molecule has 0 spiro atoms. The third-order valence-electron chi connectivity index (χ3n) is 3.36. The lowest BCUT2D eigenvalue weighted by Crippen LogP contribution is -2.56. The molecule has 0 saturated heterocycles. The van der Waals surface area contributed by atoms with Crippen molar-refractivity contribution < 1.29 is 63.8 Å². The second-order valence-electron chi connectivity index (χ2n) is 6.31. The summed E-state index contributed by atoms with van der Waals surface area (Å²) >= 11 is 0. The summed E-state index contributed by atoms with van der Waals surface area (Å²) in [6.07, 6.45) is -26.6. The number of carbonyl (C=O) groups is 4. The highest BCUT2D eigenvalue weighted by Crippen LogP contribution is 2.43. The van der Waals surface area contributed by atoms with Gasteiger partial charge in [-0.2, -0.15) is 35.1 Å². The van der Waals surface area contributed by atoms with Crippen molar-refractivity contribution in [1.82, 2.24) is 5.32 Å². The van der Waals surface area contributed by atoms with Crippen LogP contribution in [0.2, 0.25) is 0 Å². The van der Waals surface area contributed by atoms with Crippen molar-refractivity contribution in [2.24, 2.45) is 0 Å². The molecule has 0 atom stereocenters. The van der Waals surface area contributed by atoms with Crippen molar-refractivity contribution in [1.29, 1.82) is 0 Å². The maximum absolute atomic E-state index is 13.4. The van der Waals surface area contributed by atoms with E-state index in [0.717, 1.165) is 13.8 Å². The smallest absolute Gasteiger partial charge is 0.349 e. The zero-order valence-corrected chi connectivity index (χ0v) is 16.2. The minimum absolute atomic E-state index is 0.176. The molecule has 180 valence electrons. The van der Waals surface area contributed by atoms with E-state index in [4.69, 9.17) is 0 Å². The Morgan fingerprint density at radius 1 is 0.677 bits per heavy atom. The molecular formula is C16H19F8NO6. The Morgan fingerprint density at radius 2 is 1.10 bits per heavy atom. The Hall–Kier alpha value is -2.16. The number of ketones is 3. The lowest BCUT2D eigenvalue weighted by atomic mass is 10.1. The van der Waals surface area contributed by atoms with Crippen LogP contribution in [0.3, 0.4) is 0 Å². The molecule has 0 bridgehead atoms. The normalized spacial score (nSPS) is 13.1. The number of carbonyl (C=O) groups excluding carboxylic acids is 4. The van der Waals surface area contributed by atoms with Crippen LogP contribution in [-0.4, -0.2) is 54.2 Å². The fraction of sp³-hybridized carbons (Fsp3) is 0.750. The van der Waals surface area contributed by atoms with Gasteiger partial charge in [0.05, 0.1) is 0 Å². The van der Waals surface area contributed by atoms with Gasteiger partial charge in [0, 0.05) is 25.8 Å². The summed E-state index contributed by atoms with van der Waals surface area (Å²) in [4.78, 5) is 43.7. The number of amides is 1. The lowest BCUT2D eigenvalue weighted by molar-refractivity contribution is -0.499. The first-order valence-electron chi connectivity index (χ1n) is 8.56. The summed E-state index contributed by atoms with van der Waals surface area (Å²) in [5.41, 5.74) is 0. The Kier molecular flexibility index (Phi) is 10.2. The van der Waals surface area contributed by atoms with E-state index >= 15 is 0 Å². The molecule has 0 aliphatic heterocycles. The number of ether oxygens (including phenoxy) is 2. The summed E-state index contributed by atoms with van der Waals surface area (Å²) in [5, 5.41) is 1.34. The standard InChI is InChI=1S/C16H19F8NO6/c1-9(26)5-3-7-11(28)13(17,18)30-15(21,22)16(23,24)31-14(19,20)12(29)25-8-4-6-10(2)27/h3-8H2,1-2H3,(H,25,29). The quantitative estimate of drug-likeness (QED) is 0.290. The first-order chi connectivity index (χ1) is 13.8. The molecule has 1 N–H and O–H groups in total. The third-order valence-corrected chi connectivity index (χ3v) is 3.36. The molecule has 0 heterocycles. The van der Waals surface area contributed by atoms with E-state index in [-0.39, 0.29) is 12.8 Å². The topological polar surface area (TPSA) is 98.8 Å². The number of nitrogens with one attached hydrogen (secondary N) is 1. The van der Waals surface area contributed by atoms with Crippen molar-refractivity contribution >= 4 is 23.3 Å². The van der Waals surface area contributed by atoms with E-state index in [9.17, 15) is 54.3 Å². The third kappa shape index (κ3) is 9.67. The van der Waals surface area contributed by atoms with Gasteiger partial charge in [-0.1, -0.05) is 0 Å². The molecule has 0 aromatic carbocycles. The minimum atomic E-state index is -6.48. The van der Waals surface area contributed by atoms with Gasteiger partial charge >= 0.3 is 30.3 Å². The van der Waals surface area contributed by atoms with Crippen LogP contribution in [0.25, 0.3) is 0 Å². The zero-order valence-electron chi connectivity index (χ0n) is 16.2. The summed E-state index contributed by atoms with van der Waals surface area (Å²) in [6.45, 7) is 1.53. The average molecular weight is 473 g/mol. The first kappa shape index (κ1) is 28.8. The van der Waals surface area contributed by atoms with Crippen molar-refractivity contribution in [3.05, 3.63) is 0 Å². The van der Waals surface area contributed by atoms with Crippen LogP contribution in [0.15, 0.2) is 0 Å². The number of rotatable bonds is 15. The molecule has 7 nitrogen and oxygen atoms in total. The predicted octanol–water partition coefficient (Wildman–Crippen LogP) is 3.20. The van der Waals surface area contributed by atoms with Crippen molar-refractivity contribution in [2.45, 2.75) is 70.4 Å². The molecule has 0 aromatic heterocycles. The van der Waals surface area contributed by atoms with Gasteiger partial charge in [0.2, 0.25) is 5.78 Å². The highest BCUT2D eigenvalue weighted by atomic mass is 19.3. The Morgan fingerprint density at radius 3 is 1.55 bits per heavy atom.